The molecule has 1 atom stereocenters. The Hall–Kier alpha value is -1.24. The van der Waals surface area contributed by atoms with E-state index >= 15 is 0 Å². The van der Waals surface area contributed by atoms with Gasteiger partial charge in [-0.15, -0.1) is 0 Å². The van der Waals surface area contributed by atoms with Gasteiger partial charge in [0.1, 0.15) is 6.17 Å². The molecule has 7 heteroatoms. The van der Waals surface area contributed by atoms with Crippen LogP contribution in [0, 0.1) is 6.92 Å². The molecule has 20 heavy (non-hydrogen) atoms. The maximum Gasteiger partial charge on any atom is 0.451 e. The molecule has 1 aromatic rings. The molecule has 114 valence electrons. The van der Waals surface area contributed by atoms with Crippen molar-refractivity contribution in [2.24, 2.45) is 0 Å². The van der Waals surface area contributed by atoms with Crippen LogP contribution >= 0.6 is 0 Å². The van der Waals surface area contributed by atoms with E-state index in [0.29, 0.717) is 13.0 Å². The Bertz CT molecular complexity index is 434. The number of rotatable bonds is 2. The molecule has 1 saturated heterocycles. The summed E-state index contributed by atoms with van der Waals surface area (Å²) < 4.78 is 50.5. The number of alkyl halides is 4. The van der Waals surface area contributed by atoms with Crippen molar-refractivity contribution in [2.45, 2.75) is 46.1 Å². The summed E-state index contributed by atoms with van der Waals surface area (Å²) in [4.78, 5) is 8.62. The largest absolute Gasteiger partial charge is 0.451 e. The smallest absolute Gasteiger partial charge is 0.295 e. The normalized spacial score (nSPS) is 19.6. The molecule has 0 N–H and O–H groups in total. The van der Waals surface area contributed by atoms with Crippen LogP contribution in [0.15, 0.2) is 6.07 Å². The monoisotopic (exact) mass is 293 g/mol. The second-order valence-corrected chi connectivity index (χ2v) is 4.44. The maximum atomic E-state index is 13.0. The van der Waals surface area contributed by atoms with E-state index in [1.807, 2.05) is 13.8 Å². The van der Waals surface area contributed by atoms with Gasteiger partial charge < -0.3 is 0 Å². The first-order valence-corrected chi connectivity index (χ1v) is 6.63. The Morgan fingerprint density at radius 2 is 1.95 bits per heavy atom. The third-order valence-corrected chi connectivity index (χ3v) is 2.76. The summed E-state index contributed by atoms with van der Waals surface area (Å²) in [5, 5.41) is 0. The molecule has 2 heterocycles. The number of aromatic nitrogens is 2. The van der Waals surface area contributed by atoms with E-state index in [9.17, 15) is 17.6 Å². The van der Waals surface area contributed by atoms with Gasteiger partial charge in [0.25, 0.3) is 0 Å². The average Bonchev–Trinajstić information content (AvgIpc) is 2.75. The summed E-state index contributed by atoms with van der Waals surface area (Å²) >= 11 is 0. The van der Waals surface area contributed by atoms with E-state index in [0.717, 1.165) is 0 Å². The summed E-state index contributed by atoms with van der Waals surface area (Å²) in [6.45, 7) is 6.52. The molecule has 1 aromatic heterocycles. The van der Waals surface area contributed by atoms with E-state index in [2.05, 4.69) is 9.97 Å². The van der Waals surface area contributed by atoms with Crippen molar-refractivity contribution < 1.29 is 17.6 Å². The van der Waals surface area contributed by atoms with Crippen molar-refractivity contribution >= 4 is 0 Å². The topological polar surface area (TPSA) is 29.0 Å². The van der Waals surface area contributed by atoms with E-state index in [1.165, 1.54) is 13.0 Å². The van der Waals surface area contributed by atoms with Gasteiger partial charge in [0.15, 0.2) is 0 Å². The fourth-order valence-corrected chi connectivity index (χ4v) is 2.00. The number of likely N-dealkylation sites (tertiary alicyclic amines) is 1. The zero-order valence-electron chi connectivity index (χ0n) is 11.8. The van der Waals surface area contributed by atoms with Gasteiger partial charge in [-0.1, -0.05) is 13.8 Å². The van der Waals surface area contributed by atoms with Crippen molar-refractivity contribution in [3.05, 3.63) is 23.3 Å². The number of halogens is 4. The van der Waals surface area contributed by atoms with Gasteiger partial charge in [-0.25, -0.2) is 14.4 Å². The molecule has 0 aromatic carbocycles. The molecule has 0 bridgehead atoms. The lowest BCUT2D eigenvalue weighted by atomic mass is 10.3. The molecule has 1 aliphatic heterocycles. The van der Waals surface area contributed by atoms with E-state index in [-0.39, 0.29) is 24.5 Å². The summed E-state index contributed by atoms with van der Waals surface area (Å²) in [5.41, 5.74) is 0.548. The van der Waals surface area contributed by atoms with E-state index in [1.54, 1.807) is 4.90 Å². The summed E-state index contributed by atoms with van der Waals surface area (Å²) in [6.07, 6.45) is -5.01. The quantitative estimate of drug-likeness (QED) is 0.783. The molecular formula is C13H19F4N3. The fraction of sp³-hybridized carbons (Fsp3) is 0.692. The van der Waals surface area contributed by atoms with Crippen LogP contribution in [0.4, 0.5) is 17.6 Å². The SMILES string of the molecule is CC.Cc1cc(CN2CCC(F)C2)nc(C(F)(F)F)n1. The van der Waals surface area contributed by atoms with Crippen molar-refractivity contribution in [3.63, 3.8) is 0 Å². The molecular weight excluding hydrogens is 274 g/mol. The van der Waals surface area contributed by atoms with Crippen LogP contribution in [0.1, 0.15) is 37.5 Å². The van der Waals surface area contributed by atoms with Crippen molar-refractivity contribution in [1.29, 1.82) is 0 Å². The van der Waals surface area contributed by atoms with Crippen LogP contribution in [-0.2, 0) is 12.7 Å². The van der Waals surface area contributed by atoms with Gasteiger partial charge in [0, 0.05) is 25.3 Å². The van der Waals surface area contributed by atoms with Gasteiger partial charge in [-0.05, 0) is 19.4 Å². The van der Waals surface area contributed by atoms with Gasteiger partial charge >= 0.3 is 6.18 Å². The van der Waals surface area contributed by atoms with E-state index in [4.69, 9.17) is 0 Å². The van der Waals surface area contributed by atoms with Crippen LogP contribution in [-0.4, -0.2) is 34.1 Å². The summed E-state index contributed by atoms with van der Waals surface area (Å²) in [6, 6.07) is 1.50. The van der Waals surface area contributed by atoms with E-state index < -0.39 is 18.2 Å². The number of nitrogens with zero attached hydrogens (tertiary/aromatic N) is 3. The lowest BCUT2D eigenvalue weighted by Gasteiger charge is -2.15. The standard InChI is InChI=1S/C11H13F4N3.C2H6/c1-7-4-9(6-18-3-2-8(12)5-18)17-10(16-7)11(13,14)15;1-2/h4,8H,2-3,5-6H2,1H3;1-2H3. The summed E-state index contributed by atoms with van der Waals surface area (Å²) in [7, 11) is 0. The molecule has 1 aliphatic rings. The molecule has 0 radical (unpaired) electrons. The van der Waals surface area contributed by atoms with Crippen LogP contribution < -0.4 is 0 Å². The minimum atomic E-state index is -4.55. The zero-order chi connectivity index (χ0) is 15.3. The highest BCUT2D eigenvalue weighted by Crippen LogP contribution is 2.26. The Balaban J connectivity index is 0.000000956. The highest BCUT2D eigenvalue weighted by atomic mass is 19.4. The third kappa shape index (κ3) is 4.70. The molecule has 0 saturated carbocycles. The predicted octanol–water partition coefficient (Wildman–Crippen LogP) is 3.37. The highest BCUT2D eigenvalue weighted by Gasteiger charge is 2.35. The molecule has 3 nitrogen and oxygen atoms in total. The number of hydrogen-bond acceptors (Lipinski definition) is 3. The molecule has 0 aliphatic carbocycles. The van der Waals surface area contributed by atoms with Crippen molar-refractivity contribution in [2.75, 3.05) is 13.1 Å². The maximum absolute atomic E-state index is 13.0. The Kier molecular flexibility index (Phi) is 5.86. The van der Waals surface area contributed by atoms with Gasteiger partial charge in [0.05, 0.1) is 5.69 Å². The molecule has 0 amide bonds. The molecule has 1 fully saturated rings. The van der Waals surface area contributed by atoms with Crippen LogP contribution in [0.25, 0.3) is 0 Å². The van der Waals surface area contributed by atoms with Crippen LogP contribution in [0.5, 0.6) is 0 Å². The van der Waals surface area contributed by atoms with Gasteiger partial charge in [-0.3, -0.25) is 4.90 Å². The van der Waals surface area contributed by atoms with Crippen molar-refractivity contribution in [3.8, 4) is 0 Å². The van der Waals surface area contributed by atoms with Gasteiger partial charge in [0.2, 0.25) is 5.82 Å². The second kappa shape index (κ2) is 6.97. The van der Waals surface area contributed by atoms with Crippen molar-refractivity contribution in [1.82, 2.24) is 14.9 Å². The highest BCUT2D eigenvalue weighted by molar-refractivity contribution is 5.11. The average molecular weight is 293 g/mol. The first-order chi connectivity index (χ1) is 9.34. The van der Waals surface area contributed by atoms with Crippen LogP contribution in [0.3, 0.4) is 0 Å². The minimum absolute atomic E-state index is 0.229. The van der Waals surface area contributed by atoms with Crippen LogP contribution in [0.2, 0.25) is 0 Å². The van der Waals surface area contributed by atoms with Gasteiger partial charge in [-0.2, -0.15) is 13.2 Å². The molecule has 0 spiro atoms. The molecule has 2 rings (SSSR count). The zero-order valence-corrected chi connectivity index (χ0v) is 11.8. The number of hydrogen-bond donors (Lipinski definition) is 0. The Morgan fingerprint density at radius 1 is 1.30 bits per heavy atom. The third-order valence-electron chi connectivity index (χ3n) is 2.76. The lowest BCUT2D eigenvalue weighted by Crippen LogP contribution is -2.22. The Labute approximate surface area is 116 Å². The first kappa shape index (κ1) is 16.8. The fourth-order valence-electron chi connectivity index (χ4n) is 2.00. The molecule has 1 unspecified atom stereocenters. The Morgan fingerprint density at radius 3 is 2.45 bits per heavy atom. The number of aryl methyl sites for hydroxylation is 1. The second-order valence-electron chi connectivity index (χ2n) is 4.44. The summed E-state index contributed by atoms with van der Waals surface area (Å²) in [5.74, 6) is -1.13. The predicted molar refractivity (Wildman–Crippen MR) is 67.9 cm³/mol. The minimum Gasteiger partial charge on any atom is -0.295 e. The lowest BCUT2D eigenvalue weighted by molar-refractivity contribution is -0.145. The first-order valence-electron chi connectivity index (χ1n) is 6.63.